The Bertz CT molecular complexity index is 3200. The first-order valence-electron chi connectivity index (χ1n) is 28.8. The number of benzene rings is 3. The second kappa shape index (κ2) is 29.6. The smallest absolute Gasteiger partial charge is 0.300 e. The van der Waals surface area contributed by atoms with Crippen LogP contribution in [0.2, 0.25) is 0 Å². The Morgan fingerprint density at radius 3 is 2.38 bits per heavy atom. The Morgan fingerprint density at radius 1 is 0.964 bits per heavy atom. The highest BCUT2D eigenvalue weighted by Gasteiger charge is 2.56. The van der Waals surface area contributed by atoms with Crippen LogP contribution in [0.3, 0.4) is 0 Å². The van der Waals surface area contributed by atoms with Crippen LogP contribution in [0.5, 0.6) is 11.5 Å². The highest BCUT2D eigenvalue weighted by Crippen LogP contribution is 2.65. The van der Waals surface area contributed by atoms with E-state index in [1.807, 2.05) is 0 Å². The molecule has 0 saturated heterocycles. The third-order valence-corrected chi connectivity index (χ3v) is 18.3. The number of nitrogens with one attached hydrogen (secondary N) is 3. The van der Waals surface area contributed by atoms with Gasteiger partial charge in [0.05, 0.1) is 68.1 Å². The predicted molar refractivity (Wildman–Crippen MR) is 312 cm³/mol. The first-order chi connectivity index (χ1) is 40.3. The molecular formula is C58H78N14O11S. The summed E-state index contributed by atoms with van der Waals surface area (Å²) in [6.45, 7) is 11.6. The molecule has 1 aromatic heterocycles. The quantitative estimate of drug-likeness (QED) is 0.00563. The number of carbonyl (C=O) groups is 3. The summed E-state index contributed by atoms with van der Waals surface area (Å²) in [5, 5.41) is 50.9. The average Bonchev–Trinajstić information content (AvgIpc) is 0.977. The molecule has 1 aliphatic heterocycles. The number of nitriles is 1. The van der Waals surface area contributed by atoms with Gasteiger partial charge in [-0.3, -0.25) is 29.5 Å². The largest absolute Gasteiger partial charge is 0.496 e. The van der Waals surface area contributed by atoms with Gasteiger partial charge in [0.25, 0.3) is 15.9 Å². The summed E-state index contributed by atoms with van der Waals surface area (Å²) in [4.78, 5) is 52.8. The van der Waals surface area contributed by atoms with E-state index in [-0.39, 0.29) is 75.3 Å². The molecule has 26 heteroatoms. The van der Waals surface area contributed by atoms with Gasteiger partial charge in [-0.25, -0.2) is 17.4 Å². The summed E-state index contributed by atoms with van der Waals surface area (Å²) in [6, 6.07) is 13.8. The lowest BCUT2D eigenvalue weighted by molar-refractivity contribution is -0.383. The predicted octanol–water partition coefficient (Wildman–Crippen LogP) is 9.87. The number of ether oxygens (including phenoxy) is 3. The molecule has 2 heterocycles. The van der Waals surface area contributed by atoms with Gasteiger partial charge in [-0.1, -0.05) is 81.8 Å². The molecule has 3 aliphatic carbocycles. The van der Waals surface area contributed by atoms with Gasteiger partial charge in [0, 0.05) is 67.0 Å². The molecule has 25 nitrogen and oxygen atoms in total. The molecule has 1 saturated carbocycles. The molecule has 4 aromatic rings. The lowest BCUT2D eigenvalue weighted by atomic mass is 9.45. The van der Waals surface area contributed by atoms with Crippen molar-refractivity contribution in [1.29, 1.82) is 5.26 Å². The summed E-state index contributed by atoms with van der Waals surface area (Å²) < 4.78 is 50.4. The number of nitrogens with zero attached hydrogens (tertiary/aromatic N) is 11. The second-order valence-corrected chi connectivity index (χ2v) is 24.6. The van der Waals surface area contributed by atoms with Gasteiger partial charge in [0.1, 0.15) is 18.0 Å². The van der Waals surface area contributed by atoms with Gasteiger partial charge < -0.3 is 30.2 Å². The molecule has 2 bridgehead atoms. The van der Waals surface area contributed by atoms with Crippen LogP contribution in [0.1, 0.15) is 139 Å². The van der Waals surface area contributed by atoms with E-state index in [4.69, 9.17) is 19.7 Å². The number of hydrogen-bond donors (Lipinski definition) is 3. The maximum Gasteiger partial charge on any atom is 0.300 e. The van der Waals surface area contributed by atoms with Crippen molar-refractivity contribution in [2.24, 2.45) is 32.7 Å². The number of amides is 3. The molecule has 4 atom stereocenters. The number of unbranched alkanes of at least 4 members (excludes halogenated alkanes) is 6. The standard InChI is InChI=1S/C58H78N14O11S/c1-57(2,24-12-8-10-14-27-64-68-60)41-34-49(80-5)53(50(35-41)81-6)44-33-40(45-36-46(44)58(45,3)4)37-63-51(73)15-11-7-9-13-26-62-56(75)39-16-19-43(20-17-39)84(78,79)71(29-25-59)52(74)23-18-42-38-70(69-65-42)30-32-82-31-28-61-47-21-22-48(72(76)77)55-54(47)66-83-67-55/h16-17,19-22,33-35,42,44-46,61H,7-15,18,23-24,26-32,36-38H2,1-6H3,(H,62,75)(H,63,73)/t42?,44-,45+,46-/m0/s1. The molecule has 3 amide bonds. The molecular weight excluding hydrogens is 1100 g/mol. The summed E-state index contributed by atoms with van der Waals surface area (Å²) in [5.41, 5.74) is 12.7. The third kappa shape index (κ3) is 15.9. The third-order valence-electron chi connectivity index (χ3n) is 16.6. The van der Waals surface area contributed by atoms with Crippen LogP contribution in [-0.4, -0.2) is 130 Å². The van der Waals surface area contributed by atoms with Gasteiger partial charge in [0.2, 0.25) is 17.3 Å². The molecule has 3 aromatic carbocycles. The van der Waals surface area contributed by atoms with Crippen LogP contribution in [0, 0.1) is 38.7 Å². The number of hydrogen-bond acceptors (Lipinski definition) is 19. The SMILES string of the molecule is COc1cc(C(C)(C)CCCCCCN=[N+]=[N-])cc(OC)c1[C@H]1C=C(CNC(=O)CCCCCCNC(=O)c2ccc(S(=O)(=O)N(CC#N)C(=O)CCC3CN(CCOCCNc4ccc([N+](=O)[O-])c5nonc45)N=N3)cc2)[C@H]2C[C@@H]1C2(C)C. The fraction of sp³-hybridized carbons (Fsp3) is 0.586. The number of nitro groups is 1. The second-order valence-electron chi connectivity index (χ2n) is 22.8. The van der Waals surface area contributed by atoms with Crippen molar-refractivity contribution in [2.75, 3.05) is 78.6 Å². The lowest BCUT2D eigenvalue weighted by Gasteiger charge is -2.59. The van der Waals surface area contributed by atoms with Crippen molar-refractivity contribution >= 4 is 50.2 Å². The zero-order chi connectivity index (χ0) is 60.4. The number of nitro benzene ring substituents is 1. The maximum atomic E-state index is 13.6. The number of rotatable bonds is 35. The fourth-order valence-electron chi connectivity index (χ4n) is 11.5. The number of aromatic nitrogens is 2. The minimum absolute atomic E-state index is 0.00667. The number of allylic oxidation sites excluding steroid dienone is 1. The van der Waals surface area contributed by atoms with Crippen molar-refractivity contribution in [3.63, 3.8) is 0 Å². The highest BCUT2D eigenvalue weighted by atomic mass is 32.2. The fourth-order valence-corrected chi connectivity index (χ4v) is 12.9. The van der Waals surface area contributed by atoms with Crippen molar-refractivity contribution in [2.45, 2.75) is 133 Å². The number of sulfonamides is 1. The monoisotopic (exact) mass is 1180 g/mol. The molecule has 3 N–H and O–H groups in total. The molecule has 0 radical (unpaired) electrons. The Balaban J connectivity index is 0.783. The zero-order valence-electron chi connectivity index (χ0n) is 48.9. The van der Waals surface area contributed by atoms with E-state index in [9.17, 15) is 38.2 Å². The Hall–Kier alpha value is -7.88. The van der Waals surface area contributed by atoms with E-state index in [1.54, 1.807) is 25.3 Å². The van der Waals surface area contributed by atoms with Crippen molar-refractivity contribution < 1.29 is 46.6 Å². The van der Waals surface area contributed by atoms with Crippen LogP contribution in [0.15, 0.2) is 85.2 Å². The van der Waals surface area contributed by atoms with E-state index in [1.165, 1.54) is 42.0 Å². The molecule has 0 spiro atoms. The van der Waals surface area contributed by atoms with Crippen molar-refractivity contribution in [3.8, 4) is 17.6 Å². The summed E-state index contributed by atoms with van der Waals surface area (Å²) >= 11 is 0. The molecule has 8 rings (SSSR count). The first kappa shape index (κ1) is 63.7. The normalized spacial score (nSPS) is 17.8. The van der Waals surface area contributed by atoms with Gasteiger partial charge in [-0.15, -0.1) is 0 Å². The van der Waals surface area contributed by atoms with Crippen LogP contribution in [-0.2, 0) is 29.8 Å². The Kier molecular flexibility index (Phi) is 22.4. The summed E-state index contributed by atoms with van der Waals surface area (Å²) in [5.74, 6) is 1.29. The van der Waals surface area contributed by atoms with Gasteiger partial charge >= 0.3 is 5.69 Å². The number of anilines is 1. The number of non-ortho nitro benzene ring substituents is 1. The van der Waals surface area contributed by atoms with E-state index >= 15 is 0 Å². The summed E-state index contributed by atoms with van der Waals surface area (Å²) in [7, 11) is -0.995. The molecule has 4 aliphatic rings. The van der Waals surface area contributed by atoms with E-state index in [0.717, 1.165) is 74.0 Å². The molecule has 84 heavy (non-hydrogen) atoms. The minimum Gasteiger partial charge on any atom is -0.496 e. The average molecular weight is 1180 g/mol. The van der Waals surface area contributed by atoms with Crippen LogP contribution < -0.4 is 25.4 Å². The number of azide groups is 1. The Morgan fingerprint density at radius 2 is 1.68 bits per heavy atom. The Labute approximate surface area is 490 Å². The topological polar surface area (TPSA) is 335 Å². The number of fused-ring (bicyclic) bond motifs is 2. The van der Waals surface area contributed by atoms with Gasteiger partial charge in [-0.05, 0) is 125 Å². The van der Waals surface area contributed by atoms with Gasteiger partial charge in [0.15, 0.2) is 5.52 Å². The summed E-state index contributed by atoms with van der Waals surface area (Å²) in [6.07, 6.45) is 11.7. The highest BCUT2D eigenvalue weighted by molar-refractivity contribution is 7.89. The van der Waals surface area contributed by atoms with Gasteiger partial charge in [-0.2, -0.15) is 10.4 Å². The first-order valence-corrected chi connectivity index (χ1v) is 30.2. The van der Waals surface area contributed by atoms with Crippen molar-refractivity contribution in [3.05, 3.63) is 97.4 Å². The lowest BCUT2D eigenvalue weighted by Crippen LogP contribution is -2.52. The van der Waals surface area contributed by atoms with E-state index in [0.29, 0.717) is 87.0 Å². The maximum absolute atomic E-state index is 13.6. The van der Waals surface area contributed by atoms with Crippen LogP contribution >= 0.6 is 0 Å². The molecule has 1 unspecified atom stereocenters. The minimum atomic E-state index is -4.43. The van der Waals surface area contributed by atoms with Crippen molar-refractivity contribution in [1.82, 2.24) is 30.3 Å². The van der Waals surface area contributed by atoms with Crippen LogP contribution in [0.4, 0.5) is 11.4 Å². The molecule has 1 fully saturated rings. The number of carbonyl (C=O) groups excluding carboxylic acids is 3. The zero-order valence-corrected chi connectivity index (χ0v) is 49.7. The number of methoxy groups -OCH3 is 2. The molecule has 452 valence electrons. The van der Waals surface area contributed by atoms with E-state index < -0.39 is 33.3 Å². The van der Waals surface area contributed by atoms with E-state index in [2.05, 4.69) is 97.2 Å². The van der Waals surface area contributed by atoms with Crippen LogP contribution in [0.25, 0.3) is 21.5 Å².